The van der Waals surface area contributed by atoms with Crippen LogP contribution in [0.15, 0.2) is 30.9 Å². The Morgan fingerprint density at radius 3 is 2.89 bits per heavy atom. The van der Waals surface area contributed by atoms with E-state index in [9.17, 15) is 4.79 Å². The average molecular weight is 260 g/mol. The van der Waals surface area contributed by atoms with E-state index >= 15 is 0 Å². The van der Waals surface area contributed by atoms with E-state index in [4.69, 9.17) is 4.74 Å². The summed E-state index contributed by atoms with van der Waals surface area (Å²) in [7, 11) is 1.57. The van der Waals surface area contributed by atoms with Gasteiger partial charge in [-0.1, -0.05) is 6.07 Å². The lowest BCUT2D eigenvalue weighted by atomic mass is 10.2. The first kappa shape index (κ1) is 13.1. The Morgan fingerprint density at radius 2 is 2.26 bits per heavy atom. The van der Waals surface area contributed by atoms with Crippen molar-refractivity contribution >= 4 is 11.6 Å². The quantitative estimate of drug-likeness (QED) is 0.910. The summed E-state index contributed by atoms with van der Waals surface area (Å²) < 4.78 is 6.72. The maximum atomic E-state index is 12.1. The Hall–Kier alpha value is -2.37. The van der Waals surface area contributed by atoms with Gasteiger partial charge in [-0.2, -0.15) is 5.10 Å². The van der Waals surface area contributed by atoms with E-state index in [1.54, 1.807) is 14.0 Å². The van der Waals surface area contributed by atoms with E-state index in [1.165, 1.54) is 17.3 Å². The fourth-order valence-electron chi connectivity index (χ4n) is 1.69. The Balaban J connectivity index is 2.17. The molecule has 2 aromatic rings. The van der Waals surface area contributed by atoms with Gasteiger partial charge in [0.1, 0.15) is 24.4 Å². The normalized spacial score (nSPS) is 11.9. The third-order valence-corrected chi connectivity index (χ3v) is 2.83. The van der Waals surface area contributed by atoms with Crippen molar-refractivity contribution < 1.29 is 9.53 Å². The zero-order chi connectivity index (χ0) is 13.8. The van der Waals surface area contributed by atoms with Crippen LogP contribution in [0.25, 0.3) is 0 Å². The van der Waals surface area contributed by atoms with Gasteiger partial charge < -0.3 is 10.1 Å². The lowest BCUT2D eigenvalue weighted by molar-refractivity contribution is -0.119. The molecule has 1 heterocycles. The van der Waals surface area contributed by atoms with Crippen LogP contribution in [0.2, 0.25) is 0 Å². The van der Waals surface area contributed by atoms with Crippen molar-refractivity contribution in [3.05, 3.63) is 36.4 Å². The second-order valence-electron chi connectivity index (χ2n) is 4.24. The number of rotatable bonds is 4. The van der Waals surface area contributed by atoms with E-state index in [-0.39, 0.29) is 5.91 Å². The van der Waals surface area contributed by atoms with Crippen LogP contribution in [-0.2, 0) is 4.79 Å². The zero-order valence-corrected chi connectivity index (χ0v) is 11.1. The molecule has 0 bridgehead atoms. The minimum atomic E-state index is -0.437. The monoisotopic (exact) mass is 260 g/mol. The minimum absolute atomic E-state index is 0.172. The Morgan fingerprint density at radius 1 is 1.47 bits per heavy atom. The first-order valence-corrected chi connectivity index (χ1v) is 5.91. The summed E-state index contributed by atoms with van der Waals surface area (Å²) in [6.45, 7) is 3.71. The molecule has 1 aromatic carbocycles. The van der Waals surface area contributed by atoms with E-state index in [0.717, 1.165) is 5.56 Å². The van der Waals surface area contributed by atoms with Gasteiger partial charge >= 0.3 is 0 Å². The molecule has 1 amide bonds. The van der Waals surface area contributed by atoms with Crippen molar-refractivity contribution in [2.45, 2.75) is 19.9 Å². The van der Waals surface area contributed by atoms with Crippen LogP contribution in [0, 0.1) is 6.92 Å². The molecule has 0 aliphatic heterocycles. The molecule has 6 nitrogen and oxygen atoms in total. The topological polar surface area (TPSA) is 69.0 Å². The van der Waals surface area contributed by atoms with Crippen LogP contribution in [0.1, 0.15) is 18.5 Å². The van der Waals surface area contributed by atoms with Gasteiger partial charge in [0.2, 0.25) is 5.91 Å². The number of carbonyl (C=O) groups is 1. The molecule has 6 heteroatoms. The number of hydrogen-bond acceptors (Lipinski definition) is 4. The number of amides is 1. The Labute approximate surface area is 111 Å². The molecule has 1 unspecified atom stereocenters. The number of carbonyl (C=O) groups excluding carboxylic acids is 1. The minimum Gasteiger partial charge on any atom is -0.495 e. The van der Waals surface area contributed by atoms with Crippen LogP contribution in [0.5, 0.6) is 5.75 Å². The SMILES string of the molecule is COc1ccc(C)cc1NC(=O)C(C)n1cncn1. The third-order valence-electron chi connectivity index (χ3n) is 2.83. The van der Waals surface area contributed by atoms with Gasteiger partial charge in [0.15, 0.2) is 0 Å². The molecule has 2 rings (SSSR count). The van der Waals surface area contributed by atoms with Crippen molar-refractivity contribution in [2.24, 2.45) is 0 Å². The fraction of sp³-hybridized carbons (Fsp3) is 0.308. The van der Waals surface area contributed by atoms with Crippen LogP contribution >= 0.6 is 0 Å². The fourth-order valence-corrected chi connectivity index (χ4v) is 1.69. The summed E-state index contributed by atoms with van der Waals surface area (Å²) in [5.41, 5.74) is 1.70. The highest BCUT2D eigenvalue weighted by Gasteiger charge is 2.17. The lowest BCUT2D eigenvalue weighted by Gasteiger charge is -2.14. The summed E-state index contributed by atoms with van der Waals surface area (Å²) in [6, 6.07) is 5.18. The molecule has 1 aromatic heterocycles. The molecule has 0 spiro atoms. The molecule has 0 radical (unpaired) electrons. The van der Waals surface area contributed by atoms with Crippen LogP contribution in [0.4, 0.5) is 5.69 Å². The summed E-state index contributed by atoms with van der Waals surface area (Å²) in [6.07, 6.45) is 2.91. The first-order chi connectivity index (χ1) is 9.11. The van der Waals surface area contributed by atoms with Gasteiger partial charge in [0.25, 0.3) is 0 Å². The Bertz CT molecular complexity index is 566. The number of hydrogen-bond donors (Lipinski definition) is 1. The molecule has 0 fully saturated rings. The molecule has 100 valence electrons. The molecule has 0 saturated carbocycles. The summed E-state index contributed by atoms with van der Waals surface area (Å²) in [4.78, 5) is 16.0. The third kappa shape index (κ3) is 2.90. The highest BCUT2D eigenvalue weighted by molar-refractivity contribution is 5.94. The van der Waals surface area contributed by atoms with E-state index in [2.05, 4.69) is 15.4 Å². The van der Waals surface area contributed by atoms with Gasteiger partial charge in [-0.25, -0.2) is 9.67 Å². The average Bonchev–Trinajstić information content (AvgIpc) is 2.92. The van der Waals surface area contributed by atoms with Gasteiger partial charge in [-0.05, 0) is 31.5 Å². The van der Waals surface area contributed by atoms with E-state index in [1.807, 2.05) is 25.1 Å². The molecule has 19 heavy (non-hydrogen) atoms. The smallest absolute Gasteiger partial charge is 0.249 e. The predicted molar refractivity (Wildman–Crippen MR) is 71.1 cm³/mol. The van der Waals surface area contributed by atoms with Crippen molar-refractivity contribution in [3.8, 4) is 5.75 Å². The van der Waals surface area contributed by atoms with Crippen LogP contribution in [-0.4, -0.2) is 27.8 Å². The van der Waals surface area contributed by atoms with Crippen LogP contribution in [0.3, 0.4) is 0 Å². The van der Waals surface area contributed by atoms with Gasteiger partial charge in [-0.15, -0.1) is 0 Å². The number of nitrogens with one attached hydrogen (secondary N) is 1. The standard InChI is InChI=1S/C13H16N4O2/c1-9-4-5-12(19-3)11(6-9)16-13(18)10(2)17-8-14-7-15-17/h4-8,10H,1-3H3,(H,16,18). The summed E-state index contributed by atoms with van der Waals surface area (Å²) in [5.74, 6) is 0.458. The largest absolute Gasteiger partial charge is 0.495 e. The molecule has 0 aliphatic carbocycles. The molecular weight excluding hydrogens is 244 g/mol. The highest BCUT2D eigenvalue weighted by Crippen LogP contribution is 2.25. The van der Waals surface area contributed by atoms with Crippen molar-refractivity contribution in [1.29, 1.82) is 0 Å². The van der Waals surface area contributed by atoms with Gasteiger partial charge in [0.05, 0.1) is 12.8 Å². The number of aromatic nitrogens is 3. The number of nitrogens with zero attached hydrogens (tertiary/aromatic N) is 3. The molecular formula is C13H16N4O2. The number of benzene rings is 1. The first-order valence-electron chi connectivity index (χ1n) is 5.91. The predicted octanol–water partition coefficient (Wildman–Crippen LogP) is 1.79. The molecule has 0 aliphatic rings. The van der Waals surface area contributed by atoms with Crippen molar-refractivity contribution in [2.75, 3.05) is 12.4 Å². The number of aryl methyl sites for hydroxylation is 1. The second-order valence-corrected chi connectivity index (χ2v) is 4.24. The maximum Gasteiger partial charge on any atom is 0.249 e. The summed E-state index contributed by atoms with van der Waals surface area (Å²) in [5, 5.41) is 6.79. The number of ether oxygens (including phenoxy) is 1. The van der Waals surface area contributed by atoms with Crippen molar-refractivity contribution in [3.63, 3.8) is 0 Å². The molecule has 1 N–H and O–H groups in total. The molecule has 0 saturated heterocycles. The van der Waals surface area contributed by atoms with E-state index < -0.39 is 6.04 Å². The second kappa shape index (κ2) is 5.51. The van der Waals surface area contributed by atoms with Crippen molar-refractivity contribution in [1.82, 2.24) is 14.8 Å². The number of methoxy groups -OCH3 is 1. The lowest BCUT2D eigenvalue weighted by Crippen LogP contribution is -2.24. The van der Waals surface area contributed by atoms with E-state index in [0.29, 0.717) is 11.4 Å². The van der Waals surface area contributed by atoms with Gasteiger partial charge in [0, 0.05) is 0 Å². The zero-order valence-electron chi connectivity index (χ0n) is 11.1. The Kier molecular flexibility index (Phi) is 3.79. The highest BCUT2D eigenvalue weighted by atomic mass is 16.5. The molecule has 1 atom stereocenters. The maximum absolute atomic E-state index is 12.1. The van der Waals surface area contributed by atoms with Gasteiger partial charge in [-0.3, -0.25) is 4.79 Å². The number of anilines is 1. The van der Waals surface area contributed by atoms with Crippen LogP contribution < -0.4 is 10.1 Å². The summed E-state index contributed by atoms with van der Waals surface area (Å²) >= 11 is 0.